The van der Waals surface area contributed by atoms with Crippen LogP contribution >= 0.6 is 0 Å². The summed E-state index contributed by atoms with van der Waals surface area (Å²) in [6.07, 6.45) is 5.18. The van der Waals surface area contributed by atoms with Crippen LogP contribution in [0.15, 0.2) is 24.3 Å². The molecular weight excluding hydrogens is 969 g/mol. The Balaban J connectivity index is 2.13. The molecule has 0 aliphatic carbocycles. The molecule has 0 unspecified atom stereocenters. The summed E-state index contributed by atoms with van der Waals surface area (Å²) in [7, 11) is 0. The van der Waals surface area contributed by atoms with E-state index in [0.29, 0.717) is 18.4 Å². The molecule has 0 radical (unpaired) electrons. The highest BCUT2D eigenvalue weighted by molar-refractivity contribution is 6.00. The lowest BCUT2D eigenvalue weighted by atomic mass is 10.0. The number of unbranched alkanes of at least 4 members (excludes halogenated alkanes) is 8. The number of hydrogen-bond acceptors (Lipinski definition) is 14. The van der Waals surface area contributed by atoms with Crippen LogP contribution in [0.25, 0.3) is 0 Å². The topological polar surface area (TPSA) is 437 Å². The number of phenolic OH excluding ortho intramolecular Hbond substituents is 1. The Bertz CT molecular complexity index is 2160. The van der Waals surface area contributed by atoms with Gasteiger partial charge < -0.3 is 75.3 Å². The Morgan fingerprint density at radius 2 is 1.01 bits per heavy atom. The molecule has 1 aromatic rings. The van der Waals surface area contributed by atoms with E-state index in [0.717, 1.165) is 51.4 Å². The highest BCUT2D eigenvalue weighted by atomic mass is 16.3. The molecule has 0 aromatic heterocycles. The van der Waals surface area contributed by atoms with Crippen LogP contribution in [0.4, 0.5) is 0 Å². The first-order chi connectivity index (χ1) is 35.1. The fourth-order valence-electron chi connectivity index (χ4n) is 8.61. The van der Waals surface area contributed by atoms with Crippen molar-refractivity contribution in [2.24, 2.45) is 22.9 Å². The van der Waals surface area contributed by atoms with Gasteiger partial charge in [0.1, 0.15) is 48.0 Å². The maximum atomic E-state index is 14.3. The van der Waals surface area contributed by atoms with Crippen molar-refractivity contribution in [2.75, 3.05) is 13.2 Å². The highest BCUT2D eigenvalue weighted by Gasteiger charge is 2.40. The molecule has 2 heterocycles. The SMILES string of the molecule is CCCCCCCCCCC[C@@H]1CC(=O)N[C@@H](CC(N)=O)C(=O)N[C@@H](Cc2ccc(O)cc2)C(=O)N[C@@H](CC(N)=O)C(=O)N[C@@H](CO)C(=O)N[C@@H](CC(N)=O)C(=O)N[C@@H](CCC(N)=O)C(=O)N2CCC[C@H]2C(=O)N1. The van der Waals surface area contributed by atoms with Crippen molar-refractivity contribution in [1.29, 1.82) is 0 Å². The standard InChI is InChI=1S/C48H74N12O14/c1-2-3-4-5-6-7-8-9-10-12-28-22-41(67)54-32(23-38(50)64)43(69)56-31(21-27-14-16-29(62)17-15-27)42(68)57-34(25-40(52)66)45(71)59-35(26-61)46(72)58-33(24-39(51)65)44(70)55-30(18-19-37(49)63)48(74)60-20-11-13-36(60)47(73)53-28/h14-17,28,30-36,61-62H,2-13,18-26H2,1H3,(H2,49,63)(H2,50,64)(H2,51,65)(H2,52,66)(H,53,73)(H,54,67)(H,55,70)(H,56,69)(H,57,68)(H,58,72)(H,59,71)/t28-,30+,31+,32+,33+,34+,35+,36+/m1/s1. The number of amides is 12. The molecular formula is C48H74N12O14. The second-order valence-corrected chi connectivity index (χ2v) is 18.7. The molecule has 26 heteroatoms. The molecule has 2 aliphatic heterocycles. The Kier molecular flexibility index (Phi) is 25.7. The lowest BCUT2D eigenvalue weighted by Gasteiger charge is -2.31. The van der Waals surface area contributed by atoms with Gasteiger partial charge in [0.2, 0.25) is 70.9 Å². The van der Waals surface area contributed by atoms with Crippen LogP contribution in [-0.4, -0.2) is 147 Å². The molecule has 0 bridgehead atoms. The molecule has 2 aliphatic rings. The van der Waals surface area contributed by atoms with Crippen LogP contribution in [0.5, 0.6) is 5.75 Å². The largest absolute Gasteiger partial charge is 0.508 e. The predicted octanol–water partition coefficient (Wildman–Crippen LogP) is -3.47. The van der Waals surface area contributed by atoms with Crippen molar-refractivity contribution in [3.05, 3.63) is 29.8 Å². The smallest absolute Gasteiger partial charge is 0.245 e. The van der Waals surface area contributed by atoms with E-state index < -0.39 is 164 Å². The van der Waals surface area contributed by atoms with E-state index in [2.05, 4.69) is 44.1 Å². The van der Waals surface area contributed by atoms with Gasteiger partial charge in [0.25, 0.3) is 0 Å². The Hall–Kier alpha value is -7.38. The number of nitrogens with one attached hydrogen (secondary N) is 7. The molecule has 0 saturated carbocycles. The number of aromatic hydroxyl groups is 1. The third-order valence-electron chi connectivity index (χ3n) is 12.5. The maximum absolute atomic E-state index is 14.3. The number of fused-ring (bicyclic) bond motifs is 1. The average Bonchev–Trinajstić information content (AvgIpc) is 3.83. The van der Waals surface area contributed by atoms with E-state index in [-0.39, 0.29) is 31.6 Å². The van der Waals surface area contributed by atoms with Gasteiger partial charge in [-0.05, 0) is 43.4 Å². The number of rotatable bonds is 22. The van der Waals surface area contributed by atoms with E-state index >= 15 is 0 Å². The molecule has 410 valence electrons. The maximum Gasteiger partial charge on any atom is 0.245 e. The van der Waals surface area contributed by atoms with E-state index in [4.69, 9.17) is 22.9 Å². The van der Waals surface area contributed by atoms with Crippen molar-refractivity contribution in [1.82, 2.24) is 42.1 Å². The zero-order valence-electron chi connectivity index (χ0n) is 41.8. The lowest BCUT2D eigenvalue weighted by Crippen LogP contribution is -2.61. The average molecular weight is 1040 g/mol. The van der Waals surface area contributed by atoms with Crippen molar-refractivity contribution in [3.8, 4) is 5.75 Å². The molecule has 1 aromatic carbocycles. The predicted molar refractivity (Wildman–Crippen MR) is 263 cm³/mol. The number of nitrogens with two attached hydrogens (primary N) is 4. The molecule has 26 nitrogen and oxygen atoms in total. The van der Waals surface area contributed by atoms with Gasteiger partial charge in [0.05, 0.1) is 25.9 Å². The number of carbonyl (C=O) groups is 12. The molecule has 12 amide bonds. The first-order valence-corrected chi connectivity index (χ1v) is 25.1. The Labute approximate surface area is 428 Å². The number of aliphatic hydroxyl groups excluding tert-OH is 1. The van der Waals surface area contributed by atoms with Crippen molar-refractivity contribution < 1.29 is 67.7 Å². The monoisotopic (exact) mass is 1040 g/mol. The van der Waals surface area contributed by atoms with Gasteiger partial charge >= 0.3 is 0 Å². The summed E-state index contributed by atoms with van der Waals surface area (Å²) in [5, 5.41) is 36.9. The van der Waals surface area contributed by atoms with Crippen molar-refractivity contribution >= 4 is 70.9 Å². The van der Waals surface area contributed by atoms with Crippen molar-refractivity contribution in [2.45, 2.75) is 177 Å². The van der Waals surface area contributed by atoms with Crippen LogP contribution < -0.4 is 60.2 Å². The molecule has 74 heavy (non-hydrogen) atoms. The number of hydrogen-bond donors (Lipinski definition) is 13. The zero-order valence-corrected chi connectivity index (χ0v) is 41.8. The highest BCUT2D eigenvalue weighted by Crippen LogP contribution is 2.22. The first kappa shape index (κ1) is 60.9. The van der Waals surface area contributed by atoms with Crippen LogP contribution in [0.3, 0.4) is 0 Å². The summed E-state index contributed by atoms with van der Waals surface area (Å²) >= 11 is 0. The summed E-state index contributed by atoms with van der Waals surface area (Å²) in [6, 6.07) is -7.39. The molecule has 0 spiro atoms. The molecule has 17 N–H and O–H groups in total. The Morgan fingerprint density at radius 3 is 1.53 bits per heavy atom. The molecule has 3 rings (SSSR count). The normalized spacial score (nSPS) is 24.1. The van der Waals surface area contributed by atoms with Gasteiger partial charge in [-0.3, -0.25) is 57.5 Å². The second kappa shape index (κ2) is 31.3. The fourth-order valence-corrected chi connectivity index (χ4v) is 8.61. The quantitative estimate of drug-likeness (QED) is 0.0502. The minimum atomic E-state index is -1.96. The number of primary amides is 4. The number of phenols is 1. The van der Waals surface area contributed by atoms with Gasteiger partial charge in [0.15, 0.2) is 0 Å². The number of benzene rings is 1. The third-order valence-corrected chi connectivity index (χ3v) is 12.5. The van der Waals surface area contributed by atoms with Crippen LogP contribution in [-0.2, 0) is 64.0 Å². The van der Waals surface area contributed by atoms with E-state index in [9.17, 15) is 67.7 Å². The zero-order chi connectivity index (χ0) is 54.9. The molecule has 2 saturated heterocycles. The third kappa shape index (κ3) is 21.4. The Morgan fingerprint density at radius 1 is 0.554 bits per heavy atom. The van der Waals surface area contributed by atoms with Crippen LogP contribution in [0.2, 0.25) is 0 Å². The van der Waals surface area contributed by atoms with Gasteiger partial charge in [-0.15, -0.1) is 0 Å². The van der Waals surface area contributed by atoms with E-state index in [1.807, 2.05) is 0 Å². The van der Waals surface area contributed by atoms with Crippen molar-refractivity contribution in [3.63, 3.8) is 0 Å². The van der Waals surface area contributed by atoms with E-state index in [1.165, 1.54) is 29.2 Å². The van der Waals surface area contributed by atoms with Crippen LogP contribution in [0.1, 0.15) is 128 Å². The first-order valence-electron chi connectivity index (χ1n) is 25.1. The van der Waals surface area contributed by atoms with Gasteiger partial charge in [-0.25, -0.2) is 0 Å². The minimum absolute atomic E-state index is 0.00829. The summed E-state index contributed by atoms with van der Waals surface area (Å²) in [5.41, 5.74) is 22.1. The van der Waals surface area contributed by atoms with E-state index in [1.54, 1.807) is 0 Å². The summed E-state index contributed by atoms with van der Waals surface area (Å²) in [6.45, 7) is 0.963. The summed E-state index contributed by atoms with van der Waals surface area (Å²) in [5.74, 6) is -12.7. The van der Waals surface area contributed by atoms with Gasteiger partial charge in [-0.2, -0.15) is 0 Å². The van der Waals surface area contributed by atoms with Gasteiger partial charge in [0, 0.05) is 31.8 Å². The fraction of sp³-hybridized carbons (Fsp3) is 0.625. The lowest BCUT2D eigenvalue weighted by molar-refractivity contribution is -0.142. The summed E-state index contributed by atoms with van der Waals surface area (Å²) < 4.78 is 0. The summed E-state index contributed by atoms with van der Waals surface area (Å²) in [4.78, 5) is 162. The minimum Gasteiger partial charge on any atom is -0.508 e. The number of aliphatic hydroxyl groups is 1. The van der Waals surface area contributed by atoms with Gasteiger partial charge in [-0.1, -0.05) is 76.8 Å². The molecule has 2 fully saturated rings. The number of carbonyl (C=O) groups excluding carboxylic acids is 12. The second-order valence-electron chi connectivity index (χ2n) is 18.7. The number of nitrogens with zero attached hydrogens (tertiary/aromatic N) is 1. The molecule has 8 atom stereocenters. The van der Waals surface area contributed by atoms with Crippen LogP contribution in [0, 0.1) is 0 Å².